The maximum atomic E-state index is 9.85. The van der Waals surface area contributed by atoms with Crippen molar-refractivity contribution in [2.45, 2.75) is 58.6 Å². The summed E-state index contributed by atoms with van der Waals surface area (Å²) in [5.74, 6) is 0.806. The molecule has 0 radical (unpaired) electrons. The van der Waals surface area contributed by atoms with Gasteiger partial charge in [0.2, 0.25) is 0 Å². The molecule has 3 heteroatoms. The molecule has 2 atom stereocenters. The summed E-state index contributed by atoms with van der Waals surface area (Å²) < 4.78 is 5.61. The molecule has 0 aliphatic carbocycles. The lowest BCUT2D eigenvalue weighted by Crippen LogP contribution is -2.36. The van der Waals surface area contributed by atoms with Gasteiger partial charge in [-0.05, 0) is 36.5 Å². The summed E-state index contributed by atoms with van der Waals surface area (Å²) in [5, 5.41) is 13.1. The predicted molar refractivity (Wildman–Crippen MR) is 84.4 cm³/mol. The van der Waals surface area contributed by atoms with Gasteiger partial charge in [0.15, 0.2) is 0 Å². The molecular weight excluding hydrogens is 250 g/mol. The van der Waals surface area contributed by atoms with Gasteiger partial charge in [0.1, 0.15) is 18.5 Å². The summed E-state index contributed by atoms with van der Waals surface area (Å²) in [4.78, 5) is 0. The maximum Gasteiger partial charge on any atom is 0.119 e. The molecule has 114 valence electrons. The van der Waals surface area contributed by atoms with E-state index in [2.05, 4.69) is 52.1 Å². The normalized spacial score (nSPS) is 14.9. The summed E-state index contributed by atoms with van der Waals surface area (Å²) in [6, 6.07) is 8.53. The zero-order valence-electron chi connectivity index (χ0n) is 13.4. The summed E-state index contributed by atoms with van der Waals surface area (Å²) in [6.45, 7) is 11.7. The number of hydrogen-bond donors (Lipinski definition) is 2. The van der Waals surface area contributed by atoms with Crippen molar-refractivity contribution in [3.05, 3.63) is 29.8 Å². The molecule has 0 heterocycles. The fourth-order valence-electron chi connectivity index (χ4n) is 1.78. The summed E-state index contributed by atoms with van der Waals surface area (Å²) in [5.41, 5.74) is 1.43. The van der Waals surface area contributed by atoms with E-state index < -0.39 is 6.10 Å². The van der Waals surface area contributed by atoms with Crippen LogP contribution in [0.25, 0.3) is 0 Å². The highest BCUT2D eigenvalue weighted by Crippen LogP contribution is 2.24. The van der Waals surface area contributed by atoms with Gasteiger partial charge in [-0.2, -0.15) is 0 Å². The van der Waals surface area contributed by atoms with Crippen molar-refractivity contribution < 1.29 is 9.84 Å². The van der Waals surface area contributed by atoms with E-state index in [-0.39, 0.29) is 5.41 Å². The molecule has 0 saturated heterocycles. The summed E-state index contributed by atoms with van der Waals surface area (Å²) in [7, 11) is 0. The van der Waals surface area contributed by atoms with Gasteiger partial charge >= 0.3 is 0 Å². The number of nitrogens with one attached hydrogen (secondary N) is 1. The quantitative estimate of drug-likeness (QED) is 0.806. The Morgan fingerprint density at radius 1 is 1.20 bits per heavy atom. The van der Waals surface area contributed by atoms with E-state index in [9.17, 15) is 5.11 Å². The van der Waals surface area contributed by atoms with E-state index in [0.717, 1.165) is 12.2 Å². The van der Waals surface area contributed by atoms with Crippen LogP contribution >= 0.6 is 0 Å². The van der Waals surface area contributed by atoms with Crippen molar-refractivity contribution in [3.8, 4) is 5.75 Å². The first-order valence-corrected chi connectivity index (χ1v) is 7.47. The summed E-state index contributed by atoms with van der Waals surface area (Å²) >= 11 is 0. The van der Waals surface area contributed by atoms with Crippen molar-refractivity contribution in [3.63, 3.8) is 0 Å². The van der Waals surface area contributed by atoms with E-state index in [1.807, 2.05) is 12.1 Å². The monoisotopic (exact) mass is 279 g/mol. The lowest BCUT2D eigenvalue weighted by molar-refractivity contribution is 0.104. The number of ether oxygens (including phenoxy) is 1. The molecule has 0 saturated carbocycles. The Kier molecular flexibility index (Phi) is 6.50. The number of hydrogen-bond acceptors (Lipinski definition) is 3. The van der Waals surface area contributed by atoms with Gasteiger partial charge in [-0.1, -0.05) is 39.8 Å². The van der Waals surface area contributed by atoms with Crippen LogP contribution in [0.1, 0.15) is 46.6 Å². The Bertz CT molecular complexity index is 381. The minimum Gasteiger partial charge on any atom is -0.491 e. The fourth-order valence-corrected chi connectivity index (χ4v) is 1.78. The first-order valence-electron chi connectivity index (χ1n) is 7.47. The number of aliphatic hydroxyl groups is 1. The van der Waals surface area contributed by atoms with Crippen molar-refractivity contribution in [1.29, 1.82) is 0 Å². The third-order valence-electron chi connectivity index (χ3n) is 3.48. The second-order valence-corrected chi connectivity index (χ2v) is 6.46. The average Bonchev–Trinajstić information content (AvgIpc) is 2.41. The van der Waals surface area contributed by atoms with Crippen molar-refractivity contribution in [2.75, 3.05) is 13.2 Å². The Labute approximate surface area is 123 Å². The van der Waals surface area contributed by atoms with Crippen LogP contribution in [-0.2, 0) is 5.41 Å². The van der Waals surface area contributed by atoms with Gasteiger partial charge < -0.3 is 15.2 Å². The van der Waals surface area contributed by atoms with Crippen LogP contribution in [0, 0.1) is 0 Å². The smallest absolute Gasteiger partial charge is 0.119 e. The molecule has 0 aliphatic rings. The second-order valence-electron chi connectivity index (χ2n) is 6.46. The van der Waals surface area contributed by atoms with E-state index in [1.165, 1.54) is 5.56 Å². The molecule has 1 aromatic carbocycles. The Hall–Kier alpha value is -1.06. The fraction of sp³-hybridized carbons (Fsp3) is 0.647. The average molecular weight is 279 g/mol. The Morgan fingerprint density at radius 3 is 2.30 bits per heavy atom. The van der Waals surface area contributed by atoms with E-state index in [1.54, 1.807) is 0 Å². The van der Waals surface area contributed by atoms with Gasteiger partial charge in [0.05, 0.1) is 0 Å². The highest BCUT2D eigenvalue weighted by molar-refractivity contribution is 5.31. The minimum absolute atomic E-state index is 0.151. The highest BCUT2D eigenvalue weighted by Gasteiger charge is 2.13. The van der Waals surface area contributed by atoms with E-state index in [0.29, 0.717) is 19.2 Å². The molecule has 0 fully saturated rings. The Morgan fingerprint density at radius 2 is 1.80 bits per heavy atom. The third-order valence-corrected chi connectivity index (χ3v) is 3.48. The predicted octanol–water partition coefficient (Wildman–Crippen LogP) is 3.11. The standard InChI is InChI=1S/C17H29NO2/c1-6-13(2)18-11-15(19)12-20-16-9-7-14(8-10-16)17(3,4)5/h7-10,13,15,18-19H,6,11-12H2,1-5H3/t13-,15+/m0/s1. The molecule has 2 N–H and O–H groups in total. The number of rotatable bonds is 7. The van der Waals surface area contributed by atoms with Crippen LogP contribution in [-0.4, -0.2) is 30.4 Å². The van der Waals surface area contributed by atoms with Crippen molar-refractivity contribution >= 4 is 0 Å². The summed E-state index contributed by atoms with van der Waals surface area (Å²) in [6.07, 6.45) is 0.577. The lowest BCUT2D eigenvalue weighted by atomic mass is 9.87. The first kappa shape index (κ1) is 17.0. The molecule has 1 rings (SSSR count). The largest absolute Gasteiger partial charge is 0.491 e. The SMILES string of the molecule is CC[C@H](C)NC[C@@H](O)COc1ccc(C(C)(C)C)cc1. The molecule has 0 aliphatic heterocycles. The van der Waals surface area contributed by atoms with E-state index >= 15 is 0 Å². The molecule has 0 aromatic heterocycles. The maximum absolute atomic E-state index is 9.85. The minimum atomic E-state index is -0.480. The van der Waals surface area contributed by atoms with Gasteiger partial charge in [-0.25, -0.2) is 0 Å². The van der Waals surface area contributed by atoms with E-state index in [4.69, 9.17) is 4.74 Å². The highest BCUT2D eigenvalue weighted by atomic mass is 16.5. The number of benzene rings is 1. The Balaban J connectivity index is 2.38. The third kappa shape index (κ3) is 5.93. The molecule has 0 spiro atoms. The molecule has 1 aromatic rings. The van der Waals surface area contributed by atoms with Gasteiger partial charge in [-0.15, -0.1) is 0 Å². The van der Waals surface area contributed by atoms with Crippen LogP contribution in [0.5, 0.6) is 5.75 Å². The second kappa shape index (κ2) is 7.65. The molecule has 20 heavy (non-hydrogen) atoms. The molecule has 3 nitrogen and oxygen atoms in total. The van der Waals surface area contributed by atoms with Gasteiger partial charge in [0.25, 0.3) is 0 Å². The van der Waals surface area contributed by atoms with Crippen molar-refractivity contribution in [1.82, 2.24) is 5.32 Å². The van der Waals surface area contributed by atoms with Crippen LogP contribution in [0.4, 0.5) is 0 Å². The zero-order chi connectivity index (χ0) is 15.2. The van der Waals surface area contributed by atoms with Crippen LogP contribution < -0.4 is 10.1 Å². The molecule has 0 amide bonds. The molecular formula is C17H29NO2. The van der Waals surface area contributed by atoms with Crippen LogP contribution in [0.2, 0.25) is 0 Å². The van der Waals surface area contributed by atoms with Gasteiger partial charge in [0, 0.05) is 12.6 Å². The first-order chi connectivity index (χ1) is 9.32. The topological polar surface area (TPSA) is 41.5 Å². The molecule has 0 unspecified atom stereocenters. The van der Waals surface area contributed by atoms with Crippen molar-refractivity contribution in [2.24, 2.45) is 0 Å². The molecule has 0 bridgehead atoms. The zero-order valence-corrected chi connectivity index (χ0v) is 13.4. The van der Waals surface area contributed by atoms with Crippen LogP contribution in [0.15, 0.2) is 24.3 Å². The van der Waals surface area contributed by atoms with Crippen LogP contribution in [0.3, 0.4) is 0 Å². The van der Waals surface area contributed by atoms with Gasteiger partial charge in [-0.3, -0.25) is 0 Å². The number of aliphatic hydroxyl groups excluding tert-OH is 1. The lowest BCUT2D eigenvalue weighted by Gasteiger charge is -2.20.